The summed E-state index contributed by atoms with van der Waals surface area (Å²) >= 11 is 3.13. The van der Waals surface area contributed by atoms with Crippen molar-refractivity contribution in [3.8, 4) is 12.3 Å². The van der Waals surface area contributed by atoms with Crippen LogP contribution in [0.25, 0.3) is 0 Å². The van der Waals surface area contributed by atoms with E-state index < -0.39 is 5.82 Å². The Morgan fingerprint density at radius 1 is 1.50 bits per heavy atom. The minimum atomic E-state index is -0.442. The highest BCUT2D eigenvalue weighted by molar-refractivity contribution is 9.10. The maximum Gasteiger partial charge on any atom is 0.251 e. The van der Waals surface area contributed by atoms with Gasteiger partial charge in [0.05, 0.1) is 0 Å². The van der Waals surface area contributed by atoms with Crippen molar-refractivity contribution in [1.82, 2.24) is 5.32 Å². The van der Waals surface area contributed by atoms with Crippen LogP contribution in [0.2, 0.25) is 0 Å². The van der Waals surface area contributed by atoms with E-state index in [2.05, 4.69) is 27.2 Å². The van der Waals surface area contributed by atoms with Crippen molar-refractivity contribution in [2.45, 2.75) is 12.8 Å². The van der Waals surface area contributed by atoms with Crippen LogP contribution in [0.5, 0.6) is 0 Å². The molecule has 1 amide bonds. The molecule has 0 aliphatic rings. The first-order chi connectivity index (χ1) is 7.63. The fraction of sp³-hybridized carbons (Fsp3) is 0.250. The van der Waals surface area contributed by atoms with E-state index >= 15 is 0 Å². The zero-order valence-electron chi connectivity index (χ0n) is 8.59. The smallest absolute Gasteiger partial charge is 0.251 e. The Balaban J connectivity index is 2.56. The summed E-state index contributed by atoms with van der Waals surface area (Å²) in [6, 6.07) is 4.07. The van der Waals surface area contributed by atoms with Gasteiger partial charge >= 0.3 is 0 Å². The first-order valence-electron chi connectivity index (χ1n) is 4.81. The number of carbonyl (C=O) groups excluding carboxylic acids is 1. The minimum absolute atomic E-state index is 0.294. The summed E-state index contributed by atoms with van der Waals surface area (Å²) in [6.45, 7) is 0.497. The lowest BCUT2D eigenvalue weighted by Gasteiger charge is -2.04. The average molecular weight is 284 g/mol. The summed E-state index contributed by atoms with van der Waals surface area (Å²) in [5.74, 6) is 1.74. The van der Waals surface area contributed by atoms with Crippen LogP contribution >= 0.6 is 15.9 Å². The van der Waals surface area contributed by atoms with E-state index in [1.165, 1.54) is 12.1 Å². The molecule has 0 bridgehead atoms. The largest absolute Gasteiger partial charge is 0.352 e. The molecule has 1 N–H and O–H groups in total. The summed E-state index contributed by atoms with van der Waals surface area (Å²) in [5, 5.41) is 2.67. The molecule has 0 spiro atoms. The molecule has 0 aliphatic carbocycles. The highest BCUT2D eigenvalue weighted by atomic mass is 79.9. The van der Waals surface area contributed by atoms with Crippen molar-refractivity contribution in [3.05, 3.63) is 34.1 Å². The van der Waals surface area contributed by atoms with Gasteiger partial charge in [0.25, 0.3) is 5.91 Å². The van der Waals surface area contributed by atoms with Crippen LogP contribution in [0.4, 0.5) is 4.39 Å². The fourth-order valence-corrected chi connectivity index (χ4v) is 1.64. The fourth-order valence-electron chi connectivity index (χ4n) is 1.18. The van der Waals surface area contributed by atoms with E-state index in [4.69, 9.17) is 6.42 Å². The maximum atomic E-state index is 13.0. The van der Waals surface area contributed by atoms with Crippen molar-refractivity contribution < 1.29 is 9.18 Å². The van der Waals surface area contributed by atoms with E-state index in [9.17, 15) is 9.18 Å². The van der Waals surface area contributed by atoms with E-state index in [1.54, 1.807) is 6.07 Å². The van der Waals surface area contributed by atoms with E-state index in [1.807, 2.05) is 0 Å². The maximum absolute atomic E-state index is 13.0. The molecule has 0 unspecified atom stereocenters. The molecule has 1 rings (SSSR count). The number of benzene rings is 1. The Labute approximate surface area is 102 Å². The van der Waals surface area contributed by atoms with Crippen molar-refractivity contribution in [3.63, 3.8) is 0 Å². The molecular formula is C12H11BrFNO. The predicted octanol–water partition coefficient (Wildman–Crippen LogP) is 2.73. The van der Waals surface area contributed by atoms with Crippen LogP contribution in [-0.4, -0.2) is 12.5 Å². The van der Waals surface area contributed by atoms with Crippen LogP contribution in [0, 0.1) is 18.2 Å². The molecule has 16 heavy (non-hydrogen) atoms. The Hall–Kier alpha value is -1.34. The zero-order chi connectivity index (χ0) is 12.0. The van der Waals surface area contributed by atoms with E-state index in [0.29, 0.717) is 23.0 Å². The normalized spacial score (nSPS) is 9.56. The van der Waals surface area contributed by atoms with Gasteiger partial charge in [0.1, 0.15) is 5.82 Å². The van der Waals surface area contributed by atoms with Crippen LogP contribution < -0.4 is 5.32 Å². The van der Waals surface area contributed by atoms with Gasteiger partial charge in [0, 0.05) is 23.0 Å². The molecule has 0 aromatic heterocycles. The monoisotopic (exact) mass is 283 g/mol. The summed E-state index contributed by atoms with van der Waals surface area (Å²) in [4.78, 5) is 11.6. The van der Waals surface area contributed by atoms with Gasteiger partial charge in [-0.2, -0.15) is 0 Å². The second-order valence-corrected chi connectivity index (χ2v) is 4.14. The van der Waals surface area contributed by atoms with Gasteiger partial charge in [0.15, 0.2) is 0 Å². The SMILES string of the molecule is C#CCCCNC(=O)c1cc(F)cc(Br)c1. The van der Waals surface area contributed by atoms with Crippen LogP contribution in [0.15, 0.2) is 22.7 Å². The number of hydrogen-bond acceptors (Lipinski definition) is 1. The van der Waals surface area contributed by atoms with E-state index in [-0.39, 0.29) is 5.91 Å². The lowest BCUT2D eigenvalue weighted by atomic mass is 10.2. The molecule has 84 valence electrons. The van der Waals surface area contributed by atoms with Crippen molar-refractivity contribution >= 4 is 21.8 Å². The Bertz CT molecular complexity index is 405. The quantitative estimate of drug-likeness (QED) is 0.668. The molecule has 0 aliphatic heterocycles. The van der Waals surface area contributed by atoms with Crippen LogP contribution in [0.1, 0.15) is 23.2 Å². The molecule has 0 fully saturated rings. The molecular weight excluding hydrogens is 273 g/mol. The number of carbonyl (C=O) groups is 1. The molecule has 0 heterocycles. The molecule has 1 aromatic rings. The molecule has 0 saturated heterocycles. The summed E-state index contributed by atoms with van der Waals surface area (Å²) in [5.41, 5.74) is 0.299. The van der Waals surface area contributed by atoms with Crippen molar-refractivity contribution in [2.24, 2.45) is 0 Å². The minimum Gasteiger partial charge on any atom is -0.352 e. The zero-order valence-corrected chi connectivity index (χ0v) is 10.2. The molecule has 0 saturated carbocycles. The summed E-state index contributed by atoms with van der Waals surface area (Å²) < 4.78 is 13.5. The second-order valence-electron chi connectivity index (χ2n) is 3.22. The summed E-state index contributed by atoms with van der Waals surface area (Å²) in [7, 11) is 0. The van der Waals surface area contributed by atoms with Crippen molar-refractivity contribution in [2.75, 3.05) is 6.54 Å². The lowest BCUT2D eigenvalue weighted by Crippen LogP contribution is -2.24. The number of amides is 1. The van der Waals surface area contributed by atoms with Gasteiger partial charge < -0.3 is 5.32 Å². The number of unbranched alkanes of at least 4 members (excludes halogenated alkanes) is 1. The van der Waals surface area contributed by atoms with Crippen LogP contribution in [0.3, 0.4) is 0 Å². The number of halogens is 2. The third kappa shape index (κ3) is 4.03. The Morgan fingerprint density at radius 3 is 2.88 bits per heavy atom. The third-order valence-electron chi connectivity index (χ3n) is 1.91. The number of nitrogens with one attached hydrogen (secondary N) is 1. The lowest BCUT2D eigenvalue weighted by molar-refractivity contribution is 0.0953. The highest BCUT2D eigenvalue weighted by Crippen LogP contribution is 2.14. The third-order valence-corrected chi connectivity index (χ3v) is 2.37. The van der Waals surface area contributed by atoms with Gasteiger partial charge in [-0.05, 0) is 24.6 Å². The molecule has 2 nitrogen and oxygen atoms in total. The standard InChI is InChI=1S/C12H11BrFNO/c1-2-3-4-5-15-12(16)9-6-10(13)8-11(14)7-9/h1,6-8H,3-5H2,(H,15,16). The molecule has 1 aromatic carbocycles. The first kappa shape index (κ1) is 12.7. The second kappa shape index (κ2) is 6.29. The predicted molar refractivity (Wildman–Crippen MR) is 64.5 cm³/mol. The van der Waals surface area contributed by atoms with Crippen LogP contribution in [-0.2, 0) is 0 Å². The molecule has 0 radical (unpaired) electrons. The van der Waals surface area contributed by atoms with Gasteiger partial charge in [-0.15, -0.1) is 12.3 Å². The van der Waals surface area contributed by atoms with Gasteiger partial charge in [-0.3, -0.25) is 4.79 Å². The van der Waals surface area contributed by atoms with Gasteiger partial charge in [-0.1, -0.05) is 15.9 Å². The Kier molecular flexibility index (Phi) is 5.00. The topological polar surface area (TPSA) is 29.1 Å². The van der Waals surface area contributed by atoms with Gasteiger partial charge in [0.2, 0.25) is 0 Å². The van der Waals surface area contributed by atoms with Gasteiger partial charge in [-0.25, -0.2) is 4.39 Å². The number of terminal acetylenes is 1. The number of rotatable bonds is 4. The van der Waals surface area contributed by atoms with E-state index in [0.717, 1.165) is 6.42 Å². The number of hydrogen-bond donors (Lipinski definition) is 1. The average Bonchev–Trinajstić information content (AvgIpc) is 2.22. The Morgan fingerprint density at radius 2 is 2.25 bits per heavy atom. The summed E-state index contributed by atoms with van der Waals surface area (Å²) in [6.07, 6.45) is 6.42. The first-order valence-corrected chi connectivity index (χ1v) is 5.60. The van der Waals surface area contributed by atoms with Crippen molar-refractivity contribution in [1.29, 1.82) is 0 Å². The molecule has 0 atom stereocenters. The highest BCUT2D eigenvalue weighted by Gasteiger charge is 2.07. The molecule has 4 heteroatoms.